The number of hydrogen-bond donors (Lipinski definition) is 1. The summed E-state index contributed by atoms with van der Waals surface area (Å²) in [6.45, 7) is 0.384. The first kappa shape index (κ1) is 12.5. The molecule has 1 unspecified atom stereocenters. The van der Waals surface area contributed by atoms with Gasteiger partial charge in [0.25, 0.3) is 0 Å². The Hall–Kier alpha value is -2.26. The number of H-pyrrole nitrogens is 1. The molecule has 1 aliphatic rings. The first-order valence-electron chi connectivity index (χ1n) is 6.77. The van der Waals surface area contributed by atoms with Crippen molar-refractivity contribution in [3.8, 4) is 5.75 Å². The van der Waals surface area contributed by atoms with E-state index in [1.165, 1.54) is 0 Å². The molecule has 0 amide bonds. The van der Waals surface area contributed by atoms with Gasteiger partial charge in [0, 0.05) is 28.2 Å². The molecule has 0 aliphatic carbocycles. The van der Waals surface area contributed by atoms with Gasteiger partial charge in [0.05, 0.1) is 10.9 Å². The van der Waals surface area contributed by atoms with Crippen molar-refractivity contribution in [3.05, 3.63) is 64.8 Å². The van der Waals surface area contributed by atoms with Crippen molar-refractivity contribution >= 4 is 28.3 Å². The molecule has 3 nitrogen and oxygen atoms in total. The second-order valence-electron chi connectivity index (χ2n) is 5.13. The Labute approximate surface area is 126 Å². The van der Waals surface area contributed by atoms with E-state index in [2.05, 4.69) is 4.98 Å². The number of fused-ring (bicyclic) bond motifs is 2. The fraction of sp³-hybridized carbons (Fsp3) is 0.118. The first-order valence-corrected chi connectivity index (χ1v) is 7.15. The van der Waals surface area contributed by atoms with Gasteiger partial charge in [-0.25, -0.2) is 0 Å². The van der Waals surface area contributed by atoms with E-state index in [0.29, 0.717) is 17.2 Å². The molecule has 0 spiro atoms. The van der Waals surface area contributed by atoms with E-state index in [1.54, 1.807) is 12.3 Å². The summed E-state index contributed by atoms with van der Waals surface area (Å²) < 4.78 is 5.61. The molecule has 2 heterocycles. The van der Waals surface area contributed by atoms with Crippen molar-refractivity contribution < 1.29 is 9.53 Å². The lowest BCUT2D eigenvalue weighted by Gasteiger charge is -2.07. The third kappa shape index (κ3) is 1.85. The van der Waals surface area contributed by atoms with Crippen molar-refractivity contribution in [2.75, 3.05) is 6.61 Å². The highest BCUT2D eigenvalue weighted by Gasteiger charge is 2.32. The fourth-order valence-electron chi connectivity index (χ4n) is 2.90. The maximum Gasteiger partial charge on any atom is 0.176 e. The minimum atomic E-state index is -0.267. The molecule has 0 fully saturated rings. The van der Waals surface area contributed by atoms with E-state index in [1.807, 2.05) is 36.4 Å². The number of ether oxygens (including phenoxy) is 1. The number of nitrogens with one attached hydrogen (secondary N) is 1. The highest BCUT2D eigenvalue weighted by atomic mass is 35.5. The normalized spacial score (nSPS) is 16.7. The zero-order valence-corrected chi connectivity index (χ0v) is 11.9. The van der Waals surface area contributed by atoms with Crippen molar-refractivity contribution in [1.82, 2.24) is 4.98 Å². The van der Waals surface area contributed by atoms with Gasteiger partial charge in [-0.1, -0.05) is 35.9 Å². The van der Waals surface area contributed by atoms with E-state index in [9.17, 15) is 4.79 Å². The van der Waals surface area contributed by atoms with E-state index in [0.717, 1.165) is 22.2 Å². The van der Waals surface area contributed by atoms with Crippen molar-refractivity contribution in [2.45, 2.75) is 5.92 Å². The number of rotatable bonds is 2. The number of ketones is 1. The van der Waals surface area contributed by atoms with Crippen LogP contribution < -0.4 is 4.74 Å². The van der Waals surface area contributed by atoms with Crippen LogP contribution >= 0.6 is 11.6 Å². The molecule has 0 saturated heterocycles. The average Bonchev–Trinajstić information content (AvgIpc) is 3.11. The van der Waals surface area contributed by atoms with E-state index >= 15 is 0 Å². The molecule has 1 aromatic heterocycles. The molecule has 1 atom stereocenters. The Bertz CT molecular complexity index is 853. The van der Waals surface area contributed by atoms with Gasteiger partial charge < -0.3 is 9.72 Å². The summed E-state index contributed by atoms with van der Waals surface area (Å²) in [5, 5.41) is 1.37. The second-order valence-corrected chi connectivity index (χ2v) is 5.54. The lowest BCUT2D eigenvalue weighted by molar-refractivity contribution is 0.0949. The summed E-state index contributed by atoms with van der Waals surface area (Å²) in [6, 6.07) is 13.3. The van der Waals surface area contributed by atoms with Gasteiger partial charge in [0.1, 0.15) is 12.4 Å². The van der Waals surface area contributed by atoms with Gasteiger partial charge in [-0.15, -0.1) is 0 Å². The zero-order valence-electron chi connectivity index (χ0n) is 11.1. The summed E-state index contributed by atoms with van der Waals surface area (Å²) in [4.78, 5) is 16.0. The number of para-hydroxylation sites is 1. The molecule has 2 aromatic carbocycles. The lowest BCUT2D eigenvalue weighted by Crippen LogP contribution is -2.14. The Morgan fingerprint density at radius 2 is 2.05 bits per heavy atom. The maximum atomic E-state index is 12.9. The van der Waals surface area contributed by atoms with E-state index in [-0.39, 0.29) is 11.7 Å². The number of halogens is 1. The third-order valence-electron chi connectivity index (χ3n) is 3.94. The summed E-state index contributed by atoms with van der Waals surface area (Å²) >= 11 is 6.25. The number of hydrogen-bond acceptors (Lipinski definition) is 2. The number of Topliss-reactive ketones (excluding diaryl/α,β-unsaturated/α-hetero) is 1. The quantitative estimate of drug-likeness (QED) is 0.721. The van der Waals surface area contributed by atoms with E-state index < -0.39 is 0 Å². The van der Waals surface area contributed by atoms with Crippen LogP contribution in [0.25, 0.3) is 10.9 Å². The van der Waals surface area contributed by atoms with Gasteiger partial charge in [0.15, 0.2) is 5.78 Å². The highest BCUT2D eigenvalue weighted by Crippen LogP contribution is 2.37. The molecular weight excluding hydrogens is 286 g/mol. The molecule has 1 aliphatic heterocycles. The second kappa shape index (κ2) is 4.64. The number of aromatic nitrogens is 1. The van der Waals surface area contributed by atoms with Gasteiger partial charge in [-0.2, -0.15) is 0 Å². The molecule has 4 heteroatoms. The lowest BCUT2D eigenvalue weighted by atomic mass is 9.92. The van der Waals surface area contributed by atoms with Crippen LogP contribution in [0.15, 0.2) is 48.7 Å². The molecule has 0 bridgehead atoms. The maximum absolute atomic E-state index is 12.9. The van der Waals surface area contributed by atoms with Crippen LogP contribution in [0.2, 0.25) is 5.02 Å². The molecule has 4 rings (SSSR count). The van der Waals surface area contributed by atoms with Crippen LogP contribution in [0.5, 0.6) is 5.75 Å². The van der Waals surface area contributed by atoms with Gasteiger partial charge in [0.2, 0.25) is 0 Å². The van der Waals surface area contributed by atoms with Crippen LogP contribution in [0.4, 0.5) is 0 Å². The Balaban J connectivity index is 1.82. The molecule has 104 valence electrons. The summed E-state index contributed by atoms with van der Waals surface area (Å²) in [7, 11) is 0. The minimum absolute atomic E-state index is 0.0410. The average molecular weight is 298 g/mol. The molecule has 1 N–H and O–H groups in total. The monoisotopic (exact) mass is 297 g/mol. The van der Waals surface area contributed by atoms with Crippen molar-refractivity contribution in [3.63, 3.8) is 0 Å². The number of carbonyl (C=O) groups is 1. The molecule has 0 radical (unpaired) electrons. The predicted octanol–water partition coefficient (Wildman–Crippen LogP) is 4.18. The Morgan fingerprint density at radius 1 is 1.19 bits per heavy atom. The Kier molecular flexibility index (Phi) is 2.76. The standard InChI is InChI=1S/C17H12ClNO2/c18-13-5-3-6-14-16(13)11(8-19-14)17(20)12-9-21-15-7-2-1-4-10(12)15/h1-8,12,19H,9H2. The van der Waals surface area contributed by atoms with Crippen LogP contribution in [0.3, 0.4) is 0 Å². The molecule has 3 aromatic rings. The number of benzene rings is 2. The van der Waals surface area contributed by atoms with Crippen molar-refractivity contribution in [2.24, 2.45) is 0 Å². The zero-order chi connectivity index (χ0) is 14.4. The highest BCUT2D eigenvalue weighted by molar-refractivity contribution is 6.37. The smallest absolute Gasteiger partial charge is 0.176 e. The summed E-state index contributed by atoms with van der Waals surface area (Å²) in [5.41, 5.74) is 2.45. The topological polar surface area (TPSA) is 42.1 Å². The Morgan fingerprint density at radius 3 is 2.95 bits per heavy atom. The van der Waals surface area contributed by atoms with Crippen LogP contribution in [0, 0.1) is 0 Å². The first-order chi connectivity index (χ1) is 10.3. The van der Waals surface area contributed by atoms with Crippen molar-refractivity contribution in [1.29, 1.82) is 0 Å². The van der Waals surface area contributed by atoms with Gasteiger partial charge in [-0.05, 0) is 18.2 Å². The SMILES string of the molecule is O=C(c1c[nH]c2cccc(Cl)c12)C1COc2ccccc21. The fourth-order valence-corrected chi connectivity index (χ4v) is 3.18. The van der Waals surface area contributed by atoms with Gasteiger partial charge >= 0.3 is 0 Å². The van der Waals surface area contributed by atoms with Gasteiger partial charge in [-0.3, -0.25) is 4.79 Å². The summed E-state index contributed by atoms with van der Waals surface area (Å²) in [6.07, 6.45) is 1.74. The molecule has 21 heavy (non-hydrogen) atoms. The third-order valence-corrected chi connectivity index (χ3v) is 4.25. The van der Waals surface area contributed by atoms with Crippen LogP contribution in [0.1, 0.15) is 21.8 Å². The molecular formula is C17H12ClNO2. The minimum Gasteiger partial charge on any atom is -0.492 e. The largest absolute Gasteiger partial charge is 0.492 e. The van der Waals surface area contributed by atoms with Crippen LogP contribution in [-0.2, 0) is 0 Å². The van der Waals surface area contributed by atoms with E-state index in [4.69, 9.17) is 16.3 Å². The van der Waals surface area contributed by atoms with Crippen LogP contribution in [-0.4, -0.2) is 17.4 Å². The molecule has 0 saturated carbocycles. The summed E-state index contributed by atoms with van der Waals surface area (Å²) in [5.74, 6) is 0.567. The number of carbonyl (C=O) groups excluding carboxylic acids is 1. The predicted molar refractivity (Wildman–Crippen MR) is 82.3 cm³/mol. The number of aromatic amines is 1.